The minimum atomic E-state index is -0.250. The van der Waals surface area contributed by atoms with Gasteiger partial charge in [-0.2, -0.15) is 0 Å². The van der Waals surface area contributed by atoms with E-state index in [1.807, 2.05) is 48.5 Å². The SMILES string of the molecule is O=C(Nc1ccc(-c2nc3ccccc3[nH]2)cc1)c1ccc(Cl)c(Cl)c1. The molecule has 0 atom stereocenters. The van der Waals surface area contributed by atoms with Gasteiger partial charge < -0.3 is 10.3 Å². The largest absolute Gasteiger partial charge is 0.338 e. The molecular formula is C20H13Cl2N3O. The lowest BCUT2D eigenvalue weighted by Gasteiger charge is -2.07. The Balaban J connectivity index is 1.53. The highest BCUT2D eigenvalue weighted by Gasteiger charge is 2.09. The number of imidazole rings is 1. The number of carbonyl (C=O) groups is 1. The molecule has 4 rings (SSSR count). The van der Waals surface area contributed by atoms with E-state index >= 15 is 0 Å². The highest BCUT2D eigenvalue weighted by molar-refractivity contribution is 6.42. The lowest BCUT2D eigenvalue weighted by molar-refractivity contribution is 0.102. The number of H-pyrrole nitrogens is 1. The van der Waals surface area contributed by atoms with E-state index in [0.29, 0.717) is 21.3 Å². The van der Waals surface area contributed by atoms with Gasteiger partial charge in [0.2, 0.25) is 0 Å². The molecule has 1 aromatic heterocycles. The van der Waals surface area contributed by atoms with Crippen molar-refractivity contribution in [2.45, 2.75) is 0 Å². The van der Waals surface area contributed by atoms with Gasteiger partial charge in [-0.1, -0.05) is 35.3 Å². The van der Waals surface area contributed by atoms with Gasteiger partial charge in [-0.15, -0.1) is 0 Å². The van der Waals surface area contributed by atoms with Gasteiger partial charge in [-0.25, -0.2) is 4.98 Å². The van der Waals surface area contributed by atoms with Gasteiger partial charge in [0.1, 0.15) is 5.82 Å². The molecule has 26 heavy (non-hydrogen) atoms. The third kappa shape index (κ3) is 3.29. The van der Waals surface area contributed by atoms with Gasteiger partial charge in [0.15, 0.2) is 0 Å². The number of fused-ring (bicyclic) bond motifs is 1. The van der Waals surface area contributed by atoms with E-state index in [9.17, 15) is 4.79 Å². The Hall–Kier alpha value is -2.82. The molecule has 0 saturated heterocycles. The van der Waals surface area contributed by atoms with Crippen LogP contribution in [0.4, 0.5) is 5.69 Å². The second-order valence-electron chi connectivity index (χ2n) is 5.76. The Bertz CT molecular complexity index is 1070. The van der Waals surface area contributed by atoms with Gasteiger partial charge in [0, 0.05) is 16.8 Å². The first kappa shape index (κ1) is 16.6. The summed E-state index contributed by atoms with van der Waals surface area (Å²) in [5.41, 5.74) is 3.97. The maximum Gasteiger partial charge on any atom is 0.255 e. The number of halogens is 2. The normalized spacial score (nSPS) is 10.8. The molecular weight excluding hydrogens is 369 g/mol. The predicted octanol–water partition coefficient (Wildman–Crippen LogP) is 5.79. The molecule has 0 aliphatic rings. The van der Waals surface area contributed by atoms with Gasteiger partial charge in [-0.05, 0) is 54.6 Å². The van der Waals surface area contributed by atoms with Crippen LogP contribution in [0.3, 0.4) is 0 Å². The van der Waals surface area contributed by atoms with E-state index in [2.05, 4.69) is 15.3 Å². The summed E-state index contributed by atoms with van der Waals surface area (Å²) in [6.07, 6.45) is 0. The molecule has 4 aromatic rings. The highest BCUT2D eigenvalue weighted by atomic mass is 35.5. The van der Waals surface area contributed by atoms with Crippen molar-refractivity contribution in [3.05, 3.63) is 82.3 Å². The second kappa shape index (κ2) is 6.83. The molecule has 0 radical (unpaired) electrons. The fourth-order valence-corrected chi connectivity index (χ4v) is 2.94. The zero-order valence-corrected chi connectivity index (χ0v) is 15.0. The molecule has 1 heterocycles. The maximum absolute atomic E-state index is 12.3. The minimum absolute atomic E-state index is 0.250. The summed E-state index contributed by atoms with van der Waals surface area (Å²) in [6.45, 7) is 0. The van der Waals surface area contributed by atoms with Crippen LogP contribution < -0.4 is 5.32 Å². The number of para-hydroxylation sites is 2. The molecule has 1 amide bonds. The van der Waals surface area contributed by atoms with Crippen LogP contribution >= 0.6 is 23.2 Å². The van der Waals surface area contributed by atoms with Crippen LogP contribution in [0.15, 0.2) is 66.7 Å². The van der Waals surface area contributed by atoms with E-state index in [1.54, 1.807) is 18.2 Å². The van der Waals surface area contributed by atoms with E-state index in [4.69, 9.17) is 23.2 Å². The standard InChI is InChI=1S/C20H13Cl2N3O/c21-15-10-7-13(11-16(15)22)20(26)23-14-8-5-12(6-9-14)19-24-17-3-1-2-4-18(17)25-19/h1-11H,(H,23,26)(H,24,25). The zero-order valence-electron chi connectivity index (χ0n) is 13.5. The summed E-state index contributed by atoms with van der Waals surface area (Å²) in [4.78, 5) is 20.2. The lowest BCUT2D eigenvalue weighted by Crippen LogP contribution is -2.11. The molecule has 0 aliphatic carbocycles. The molecule has 128 valence electrons. The summed E-state index contributed by atoms with van der Waals surface area (Å²) in [5.74, 6) is 0.536. The van der Waals surface area contributed by atoms with Gasteiger partial charge in [0.05, 0.1) is 21.1 Å². The molecule has 0 bridgehead atoms. The molecule has 3 aromatic carbocycles. The second-order valence-corrected chi connectivity index (χ2v) is 6.58. The topological polar surface area (TPSA) is 57.8 Å². The van der Waals surface area contributed by atoms with Crippen LogP contribution in [-0.2, 0) is 0 Å². The minimum Gasteiger partial charge on any atom is -0.338 e. The number of aromatic amines is 1. The summed E-state index contributed by atoms with van der Waals surface area (Å²) in [7, 11) is 0. The Morgan fingerprint density at radius 2 is 1.69 bits per heavy atom. The molecule has 2 N–H and O–H groups in total. The molecule has 0 aliphatic heterocycles. The van der Waals surface area contributed by atoms with Crippen LogP contribution in [0.5, 0.6) is 0 Å². The smallest absolute Gasteiger partial charge is 0.255 e. The van der Waals surface area contributed by atoms with Crippen molar-refractivity contribution in [1.29, 1.82) is 0 Å². The molecule has 0 spiro atoms. The molecule has 0 unspecified atom stereocenters. The lowest BCUT2D eigenvalue weighted by atomic mass is 10.1. The maximum atomic E-state index is 12.3. The van der Waals surface area contributed by atoms with Gasteiger partial charge >= 0.3 is 0 Å². The molecule has 4 nitrogen and oxygen atoms in total. The summed E-state index contributed by atoms with van der Waals surface area (Å²) in [5, 5.41) is 3.60. The Morgan fingerprint density at radius 3 is 2.42 bits per heavy atom. The average molecular weight is 382 g/mol. The number of nitrogens with one attached hydrogen (secondary N) is 2. The third-order valence-corrected chi connectivity index (χ3v) is 4.73. The number of aromatic nitrogens is 2. The van der Waals surface area contributed by atoms with E-state index < -0.39 is 0 Å². The zero-order chi connectivity index (χ0) is 18.1. The quantitative estimate of drug-likeness (QED) is 0.471. The Labute approximate surface area is 159 Å². The summed E-state index contributed by atoms with van der Waals surface area (Å²) >= 11 is 11.8. The van der Waals surface area contributed by atoms with Crippen LogP contribution in [0, 0.1) is 0 Å². The van der Waals surface area contributed by atoms with Crippen molar-refractivity contribution in [3.8, 4) is 11.4 Å². The monoisotopic (exact) mass is 381 g/mol. The number of anilines is 1. The van der Waals surface area contributed by atoms with Crippen LogP contribution in [-0.4, -0.2) is 15.9 Å². The fraction of sp³-hybridized carbons (Fsp3) is 0. The van der Waals surface area contributed by atoms with Crippen molar-refractivity contribution in [3.63, 3.8) is 0 Å². The first-order chi connectivity index (χ1) is 12.6. The Morgan fingerprint density at radius 1 is 0.923 bits per heavy atom. The van der Waals surface area contributed by atoms with Crippen molar-refractivity contribution < 1.29 is 4.79 Å². The number of hydrogen-bond acceptors (Lipinski definition) is 2. The van der Waals surface area contributed by atoms with Crippen molar-refractivity contribution in [2.75, 3.05) is 5.32 Å². The van der Waals surface area contributed by atoms with E-state index in [0.717, 1.165) is 22.4 Å². The number of hydrogen-bond donors (Lipinski definition) is 2. The number of carbonyl (C=O) groups excluding carboxylic acids is 1. The van der Waals surface area contributed by atoms with E-state index in [-0.39, 0.29) is 5.91 Å². The fourth-order valence-electron chi connectivity index (χ4n) is 2.64. The summed E-state index contributed by atoms with van der Waals surface area (Å²) in [6, 6.07) is 20.1. The molecule has 0 fully saturated rings. The van der Waals surface area contributed by atoms with Gasteiger partial charge in [0.25, 0.3) is 5.91 Å². The Kier molecular flexibility index (Phi) is 4.37. The van der Waals surface area contributed by atoms with Crippen molar-refractivity contribution in [2.24, 2.45) is 0 Å². The predicted molar refractivity (Wildman–Crippen MR) is 106 cm³/mol. The number of benzene rings is 3. The van der Waals surface area contributed by atoms with E-state index in [1.165, 1.54) is 0 Å². The van der Waals surface area contributed by atoms with Crippen LogP contribution in [0.2, 0.25) is 10.0 Å². The number of amides is 1. The molecule has 6 heteroatoms. The summed E-state index contributed by atoms with van der Waals surface area (Å²) < 4.78 is 0. The van der Waals surface area contributed by atoms with Crippen LogP contribution in [0.25, 0.3) is 22.4 Å². The molecule has 0 saturated carbocycles. The van der Waals surface area contributed by atoms with Gasteiger partial charge in [-0.3, -0.25) is 4.79 Å². The first-order valence-electron chi connectivity index (χ1n) is 7.92. The average Bonchev–Trinajstić information content (AvgIpc) is 3.08. The first-order valence-corrected chi connectivity index (χ1v) is 8.67. The number of nitrogens with zero attached hydrogens (tertiary/aromatic N) is 1. The highest BCUT2D eigenvalue weighted by Crippen LogP contribution is 2.24. The van der Waals surface area contributed by atoms with Crippen molar-refractivity contribution in [1.82, 2.24) is 9.97 Å². The van der Waals surface area contributed by atoms with Crippen molar-refractivity contribution >= 4 is 45.8 Å². The van der Waals surface area contributed by atoms with Crippen LogP contribution in [0.1, 0.15) is 10.4 Å². The number of rotatable bonds is 3. The third-order valence-electron chi connectivity index (χ3n) is 3.99.